The third-order valence-electron chi connectivity index (χ3n) is 4.13. The molecule has 25 heavy (non-hydrogen) atoms. The molecule has 1 N–H and O–H groups in total. The molecule has 0 spiro atoms. The third kappa shape index (κ3) is 4.16. The minimum absolute atomic E-state index is 0.0514. The van der Waals surface area contributed by atoms with Crippen LogP contribution < -0.4 is 5.32 Å². The molecule has 0 radical (unpaired) electrons. The van der Waals surface area contributed by atoms with Gasteiger partial charge in [0.05, 0.1) is 6.42 Å². The van der Waals surface area contributed by atoms with Gasteiger partial charge in [-0.25, -0.2) is 0 Å². The van der Waals surface area contributed by atoms with Gasteiger partial charge in [0.2, 0.25) is 5.91 Å². The van der Waals surface area contributed by atoms with Crippen molar-refractivity contribution < 1.29 is 4.79 Å². The van der Waals surface area contributed by atoms with E-state index in [1.54, 1.807) is 0 Å². The van der Waals surface area contributed by atoms with Crippen LogP contribution in [0.15, 0.2) is 78.9 Å². The average Bonchev–Trinajstić information content (AvgIpc) is 2.62. The molecule has 0 heterocycles. The Bertz CT molecular complexity index is 781. The lowest BCUT2D eigenvalue weighted by molar-refractivity contribution is -0.120. The van der Waals surface area contributed by atoms with Gasteiger partial charge < -0.3 is 5.32 Å². The highest BCUT2D eigenvalue weighted by molar-refractivity contribution is 5.87. The highest BCUT2D eigenvalue weighted by Gasteiger charge is 2.15. The molecule has 126 valence electrons. The number of benzene rings is 3. The van der Waals surface area contributed by atoms with Crippen LogP contribution in [0.2, 0.25) is 0 Å². The molecule has 0 atom stereocenters. The number of carbonyl (C=O) groups excluding carboxylic acids is 1. The second-order valence-electron chi connectivity index (χ2n) is 6.46. The lowest BCUT2D eigenvalue weighted by Crippen LogP contribution is -2.31. The number of nitrogens with one attached hydrogen (secondary N) is 1. The van der Waals surface area contributed by atoms with Crippen LogP contribution in [0.4, 0.5) is 0 Å². The highest BCUT2D eigenvalue weighted by atomic mass is 16.1. The number of amides is 1. The van der Waals surface area contributed by atoms with Crippen LogP contribution in [-0.2, 0) is 11.2 Å². The molecule has 0 fully saturated rings. The van der Waals surface area contributed by atoms with E-state index in [1.165, 1.54) is 0 Å². The molecule has 0 aliphatic carbocycles. The molecular formula is C23H23NO. The van der Waals surface area contributed by atoms with Gasteiger partial charge in [0.15, 0.2) is 0 Å². The number of hydrogen-bond donors (Lipinski definition) is 1. The zero-order valence-electron chi connectivity index (χ0n) is 14.7. The van der Waals surface area contributed by atoms with Gasteiger partial charge in [-0.2, -0.15) is 0 Å². The second kappa shape index (κ2) is 7.80. The van der Waals surface area contributed by atoms with Crippen molar-refractivity contribution in [3.8, 4) is 22.3 Å². The second-order valence-corrected chi connectivity index (χ2v) is 6.46. The molecular weight excluding hydrogens is 306 g/mol. The van der Waals surface area contributed by atoms with E-state index in [2.05, 4.69) is 47.8 Å². The number of carbonyl (C=O) groups is 1. The fraction of sp³-hybridized carbons (Fsp3) is 0.174. The Balaban J connectivity index is 2.11. The zero-order chi connectivity index (χ0) is 17.6. The van der Waals surface area contributed by atoms with E-state index in [0.29, 0.717) is 6.42 Å². The lowest BCUT2D eigenvalue weighted by Gasteiger charge is -2.16. The Morgan fingerprint density at radius 3 is 1.68 bits per heavy atom. The van der Waals surface area contributed by atoms with E-state index in [4.69, 9.17) is 0 Å². The van der Waals surface area contributed by atoms with Crippen molar-refractivity contribution in [2.24, 2.45) is 0 Å². The van der Waals surface area contributed by atoms with Gasteiger partial charge in [-0.15, -0.1) is 0 Å². The topological polar surface area (TPSA) is 29.1 Å². The summed E-state index contributed by atoms with van der Waals surface area (Å²) >= 11 is 0. The smallest absolute Gasteiger partial charge is 0.224 e. The number of rotatable bonds is 5. The van der Waals surface area contributed by atoms with Crippen LogP contribution in [0.3, 0.4) is 0 Å². The maximum atomic E-state index is 12.5. The Hall–Kier alpha value is -2.87. The lowest BCUT2D eigenvalue weighted by atomic mass is 9.90. The van der Waals surface area contributed by atoms with Crippen LogP contribution in [0.1, 0.15) is 19.4 Å². The molecule has 2 nitrogen and oxygen atoms in total. The van der Waals surface area contributed by atoms with Gasteiger partial charge >= 0.3 is 0 Å². The predicted octanol–water partition coefficient (Wildman–Crippen LogP) is 5.09. The van der Waals surface area contributed by atoms with Gasteiger partial charge in [0.1, 0.15) is 0 Å². The van der Waals surface area contributed by atoms with Crippen LogP contribution in [0, 0.1) is 0 Å². The summed E-state index contributed by atoms with van der Waals surface area (Å²) < 4.78 is 0. The van der Waals surface area contributed by atoms with Gasteiger partial charge in [-0.05, 0) is 41.7 Å². The third-order valence-corrected chi connectivity index (χ3v) is 4.13. The predicted molar refractivity (Wildman–Crippen MR) is 104 cm³/mol. The fourth-order valence-electron chi connectivity index (χ4n) is 3.09. The van der Waals surface area contributed by atoms with Crippen molar-refractivity contribution in [2.45, 2.75) is 26.3 Å². The summed E-state index contributed by atoms with van der Waals surface area (Å²) in [7, 11) is 0. The first-order valence-electron chi connectivity index (χ1n) is 8.67. The Morgan fingerprint density at radius 1 is 0.760 bits per heavy atom. The van der Waals surface area contributed by atoms with E-state index in [1.807, 2.05) is 50.2 Å². The molecule has 0 aliphatic rings. The fourth-order valence-corrected chi connectivity index (χ4v) is 3.09. The summed E-state index contributed by atoms with van der Waals surface area (Å²) in [5.74, 6) is 0.0514. The van der Waals surface area contributed by atoms with Crippen molar-refractivity contribution in [3.05, 3.63) is 84.4 Å². The van der Waals surface area contributed by atoms with Gasteiger partial charge in [0.25, 0.3) is 0 Å². The van der Waals surface area contributed by atoms with Gasteiger partial charge in [-0.3, -0.25) is 4.79 Å². The largest absolute Gasteiger partial charge is 0.354 e. The van der Waals surface area contributed by atoms with E-state index in [0.717, 1.165) is 27.8 Å². The SMILES string of the molecule is CC(C)NC(=O)Cc1c(-c2ccccc2)cccc1-c1ccccc1. The summed E-state index contributed by atoms with van der Waals surface area (Å²) in [6.45, 7) is 3.97. The molecule has 0 saturated carbocycles. The van der Waals surface area contributed by atoms with Gasteiger partial charge in [0, 0.05) is 6.04 Å². The summed E-state index contributed by atoms with van der Waals surface area (Å²) in [6, 6.07) is 26.9. The maximum absolute atomic E-state index is 12.5. The first-order chi connectivity index (χ1) is 12.1. The molecule has 3 rings (SSSR count). The maximum Gasteiger partial charge on any atom is 0.224 e. The average molecular weight is 329 g/mol. The quantitative estimate of drug-likeness (QED) is 0.694. The summed E-state index contributed by atoms with van der Waals surface area (Å²) in [5, 5.41) is 3.01. The normalized spacial score (nSPS) is 10.7. The van der Waals surface area contributed by atoms with E-state index >= 15 is 0 Å². The minimum Gasteiger partial charge on any atom is -0.354 e. The molecule has 0 aromatic heterocycles. The van der Waals surface area contributed by atoms with Crippen LogP contribution in [0.5, 0.6) is 0 Å². The molecule has 2 heteroatoms. The van der Waals surface area contributed by atoms with E-state index in [9.17, 15) is 4.79 Å². The van der Waals surface area contributed by atoms with Crippen molar-refractivity contribution in [2.75, 3.05) is 0 Å². The molecule has 0 saturated heterocycles. The van der Waals surface area contributed by atoms with Crippen LogP contribution in [-0.4, -0.2) is 11.9 Å². The van der Waals surface area contributed by atoms with Crippen molar-refractivity contribution in [1.29, 1.82) is 0 Å². The summed E-state index contributed by atoms with van der Waals surface area (Å²) in [4.78, 5) is 12.5. The van der Waals surface area contributed by atoms with E-state index < -0.39 is 0 Å². The number of hydrogen-bond acceptors (Lipinski definition) is 1. The molecule has 3 aromatic rings. The monoisotopic (exact) mass is 329 g/mol. The summed E-state index contributed by atoms with van der Waals surface area (Å²) in [6.07, 6.45) is 0.369. The Labute approximate surface area is 149 Å². The first kappa shape index (κ1) is 17.0. The van der Waals surface area contributed by atoms with Crippen LogP contribution in [0.25, 0.3) is 22.3 Å². The molecule has 0 unspecified atom stereocenters. The van der Waals surface area contributed by atoms with Crippen molar-refractivity contribution >= 4 is 5.91 Å². The molecule has 0 bridgehead atoms. The van der Waals surface area contributed by atoms with Crippen molar-refractivity contribution in [3.63, 3.8) is 0 Å². The molecule has 1 amide bonds. The first-order valence-corrected chi connectivity index (χ1v) is 8.67. The standard InChI is InChI=1S/C23H23NO/c1-17(2)24-23(25)16-22-20(18-10-5-3-6-11-18)14-9-15-21(22)19-12-7-4-8-13-19/h3-15,17H,16H2,1-2H3,(H,24,25). The minimum atomic E-state index is 0.0514. The van der Waals surface area contributed by atoms with Crippen molar-refractivity contribution in [1.82, 2.24) is 5.32 Å². The molecule has 0 aliphatic heterocycles. The zero-order valence-corrected chi connectivity index (χ0v) is 14.7. The van der Waals surface area contributed by atoms with Crippen LogP contribution >= 0.6 is 0 Å². The van der Waals surface area contributed by atoms with Gasteiger partial charge in [-0.1, -0.05) is 78.9 Å². The molecule has 3 aromatic carbocycles. The highest BCUT2D eigenvalue weighted by Crippen LogP contribution is 2.32. The Kier molecular flexibility index (Phi) is 5.30. The summed E-state index contributed by atoms with van der Waals surface area (Å²) in [5.41, 5.74) is 5.56. The Morgan fingerprint density at radius 2 is 1.24 bits per heavy atom. The van der Waals surface area contributed by atoms with E-state index in [-0.39, 0.29) is 11.9 Å².